The van der Waals surface area contributed by atoms with E-state index in [1.54, 1.807) is 12.1 Å². The number of nitrogens with one attached hydrogen (secondary N) is 1. The largest absolute Gasteiger partial charge is 0.481 e. The molecule has 2 aliphatic rings. The second-order valence-electron chi connectivity index (χ2n) is 7.51. The summed E-state index contributed by atoms with van der Waals surface area (Å²) in [6.07, 6.45) is 6.11. The minimum Gasteiger partial charge on any atom is -0.481 e. The van der Waals surface area contributed by atoms with E-state index in [0.717, 1.165) is 18.4 Å². The fraction of sp³-hybridized carbons (Fsp3) is 0.600. The van der Waals surface area contributed by atoms with E-state index >= 15 is 0 Å². The standard InChI is InChI=1S/C20H27FN2O3/c21-15-8-6-14(7-9-15)17-12-23(13-18(17)20(25)26)11-10-19(24)22-16-4-2-1-3-5-16/h6-9,16-18H,1-5,10-13H2,(H,22,24)(H,25,26)/t17-,18+/m0/s1. The van der Waals surface area contributed by atoms with Gasteiger partial charge in [0.25, 0.3) is 0 Å². The number of amides is 1. The molecule has 2 N–H and O–H groups in total. The second-order valence-corrected chi connectivity index (χ2v) is 7.51. The summed E-state index contributed by atoms with van der Waals surface area (Å²) in [6.45, 7) is 1.56. The van der Waals surface area contributed by atoms with Gasteiger partial charge in [-0.25, -0.2) is 4.39 Å². The first-order valence-electron chi connectivity index (χ1n) is 9.53. The molecule has 1 aromatic rings. The smallest absolute Gasteiger partial charge is 0.308 e. The van der Waals surface area contributed by atoms with Crippen LogP contribution in [0.2, 0.25) is 0 Å². The number of nitrogens with zero attached hydrogens (tertiary/aromatic N) is 1. The highest BCUT2D eigenvalue weighted by molar-refractivity contribution is 5.76. The number of carboxylic acid groups (broad SMARTS) is 1. The molecule has 1 heterocycles. The van der Waals surface area contributed by atoms with Gasteiger partial charge in [-0.2, -0.15) is 0 Å². The average Bonchev–Trinajstić information content (AvgIpc) is 3.06. The Bertz CT molecular complexity index is 628. The zero-order chi connectivity index (χ0) is 18.5. The Balaban J connectivity index is 1.53. The molecule has 5 nitrogen and oxygen atoms in total. The molecule has 1 aliphatic heterocycles. The fourth-order valence-corrected chi connectivity index (χ4v) is 4.17. The Morgan fingerprint density at radius 1 is 1.12 bits per heavy atom. The summed E-state index contributed by atoms with van der Waals surface area (Å²) in [7, 11) is 0. The van der Waals surface area contributed by atoms with Crippen LogP contribution in [0.1, 0.15) is 50.0 Å². The van der Waals surface area contributed by atoms with Crippen LogP contribution in [0.4, 0.5) is 4.39 Å². The number of benzene rings is 1. The van der Waals surface area contributed by atoms with Gasteiger partial charge in [-0.1, -0.05) is 31.4 Å². The van der Waals surface area contributed by atoms with Crippen molar-refractivity contribution in [3.8, 4) is 0 Å². The second kappa shape index (κ2) is 8.62. The number of aliphatic carboxylic acids is 1. The van der Waals surface area contributed by atoms with Gasteiger partial charge in [0.1, 0.15) is 5.82 Å². The lowest BCUT2D eigenvalue weighted by molar-refractivity contribution is -0.141. The van der Waals surface area contributed by atoms with Gasteiger partial charge >= 0.3 is 5.97 Å². The maximum atomic E-state index is 13.1. The molecule has 0 spiro atoms. The molecular formula is C20H27FN2O3. The van der Waals surface area contributed by atoms with Crippen molar-refractivity contribution in [1.82, 2.24) is 10.2 Å². The van der Waals surface area contributed by atoms with E-state index in [-0.39, 0.29) is 17.6 Å². The monoisotopic (exact) mass is 362 g/mol. The van der Waals surface area contributed by atoms with Gasteiger partial charge in [-0.05, 0) is 30.5 Å². The molecule has 1 aliphatic carbocycles. The molecule has 2 atom stereocenters. The molecule has 0 unspecified atom stereocenters. The molecule has 2 fully saturated rings. The fourth-order valence-electron chi connectivity index (χ4n) is 4.17. The number of halogens is 1. The summed E-state index contributed by atoms with van der Waals surface area (Å²) in [5.74, 6) is -1.81. The van der Waals surface area contributed by atoms with Crippen molar-refractivity contribution in [2.45, 2.75) is 50.5 Å². The van der Waals surface area contributed by atoms with E-state index < -0.39 is 11.9 Å². The molecule has 6 heteroatoms. The maximum Gasteiger partial charge on any atom is 0.308 e. The number of carbonyl (C=O) groups is 2. The highest BCUT2D eigenvalue weighted by Gasteiger charge is 2.38. The number of likely N-dealkylation sites (tertiary alicyclic amines) is 1. The molecule has 0 aromatic heterocycles. The number of carboxylic acids is 1. The molecule has 1 saturated carbocycles. The molecule has 1 saturated heterocycles. The Kier molecular flexibility index (Phi) is 6.25. The van der Waals surface area contributed by atoms with Crippen LogP contribution >= 0.6 is 0 Å². The van der Waals surface area contributed by atoms with Crippen molar-refractivity contribution in [2.75, 3.05) is 19.6 Å². The summed E-state index contributed by atoms with van der Waals surface area (Å²) >= 11 is 0. The Labute approximate surface area is 153 Å². The molecule has 0 bridgehead atoms. The third kappa shape index (κ3) is 4.81. The SMILES string of the molecule is O=C(CCN1C[C@@H](C(=O)O)[C@H](c2ccc(F)cc2)C1)NC1CCCCC1. The highest BCUT2D eigenvalue weighted by atomic mass is 19.1. The summed E-state index contributed by atoms with van der Waals surface area (Å²) in [5, 5.41) is 12.6. The third-order valence-corrected chi connectivity index (χ3v) is 5.64. The Hall–Kier alpha value is -1.95. The zero-order valence-corrected chi connectivity index (χ0v) is 15.0. The van der Waals surface area contributed by atoms with E-state index in [1.807, 2.05) is 4.90 Å². The topological polar surface area (TPSA) is 69.6 Å². The van der Waals surface area contributed by atoms with Gasteiger partial charge in [0.15, 0.2) is 0 Å². The first-order valence-corrected chi connectivity index (χ1v) is 9.53. The Morgan fingerprint density at radius 2 is 1.81 bits per heavy atom. The van der Waals surface area contributed by atoms with Crippen molar-refractivity contribution >= 4 is 11.9 Å². The van der Waals surface area contributed by atoms with Crippen LogP contribution in [0.3, 0.4) is 0 Å². The van der Waals surface area contributed by atoms with E-state index in [4.69, 9.17) is 0 Å². The molecule has 1 aromatic carbocycles. The van der Waals surface area contributed by atoms with Crippen LogP contribution in [0, 0.1) is 11.7 Å². The zero-order valence-electron chi connectivity index (χ0n) is 15.0. The van der Waals surface area contributed by atoms with Gasteiger partial charge in [0.2, 0.25) is 5.91 Å². The number of hydrogen-bond acceptors (Lipinski definition) is 3. The van der Waals surface area contributed by atoms with Crippen LogP contribution in [0.15, 0.2) is 24.3 Å². The van der Waals surface area contributed by atoms with E-state index in [9.17, 15) is 19.1 Å². The predicted octanol–water partition coefficient (Wildman–Crippen LogP) is 2.76. The third-order valence-electron chi connectivity index (χ3n) is 5.64. The molecule has 26 heavy (non-hydrogen) atoms. The lowest BCUT2D eigenvalue weighted by atomic mass is 9.89. The lowest BCUT2D eigenvalue weighted by Gasteiger charge is -2.23. The minimum atomic E-state index is -0.839. The van der Waals surface area contributed by atoms with Crippen LogP contribution < -0.4 is 5.32 Å². The first-order chi connectivity index (χ1) is 12.5. The van der Waals surface area contributed by atoms with Crippen molar-refractivity contribution < 1.29 is 19.1 Å². The summed E-state index contributed by atoms with van der Waals surface area (Å²) in [6, 6.07) is 6.36. The predicted molar refractivity (Wildman–Crippen MR) is 96.3 cm³/mol. The number of carbonyl (C=O) groups excluding carboxylic acids is 1. The normalized spacial score (nSPS) is 24.5. The van der Waals surface area contributed by atoms with Gasteiger partial charge < -0.3 is 15.3 Å². The van der Waals surface area contributed by atoms with Crippen molar-refractivity contribution in [3.63, 3.8) is 0 Å². The summed E-state index contributed by atoms with van der Waals surface area (Å²) in [5.41, 5.74) is 0.841. The molecule has 1 amide bonds. The average molecular weight is 362 g/mol. The highest BCUT2D eigenvalue weighted by Crippen LogP contribution is 2.33. The summed E-state index contributed by atoms with van der Waals surface area (Å²) in [4.78, 5) is 25.8. The number of rotatable bonds is 6. The van der Waals surface area contributed by atoms with Crippen LogP contribution in [0.5, 0.6) is 0 Å². The van der Waals surface area contributed by atoms with Crippen LogP contribution in [0.25, 0.3) is 0 Å². The molecule has 142 valence electrons. The van der Waals surface area contributed by atoms with Crippen molar-refractivity contribution in [2.24, 2.45) is 5.92 Å². The molecule has 0 radical (unpaired) electrons. The molecular weight excluding hydrogens is 335 g/mol. The van der Waals surface area contributed by atoms with Crippen LogP contribution in [-0.4, -0.2) is 47.6 Å². The van der Waals surface area contributed by atoms with Gasteiger partial charge in [-0.15, -0.1) is 0 Å². The van der Waals surface area contributed by atoms with E-state index in [2.05, 4.69) is 5.32 Å². The van der Waals surface area contributed by atoms with E-state index in [1.165, 1.54) is 31.4 Å². The minimum absolute atomic E-state index is 0.0500. The first kappa shape index (κ1) is 18.8. The quantitative estimate of drug-likeness (QED) is 0.816. The summed E-state index contributed by atoms with van der Waals surface area (Å²) < 4.78 is 13.1. The maximum absolute atomic E-state index is 13.1. The van der Waals surface area contributed by atoms with Gasteiger partial charge in [-0.3, -0.25) is 9.59 Å². The van der Waals surface area contributed by atoms with E-state index in [0.29, 0.717) is 32.1 Å². The van der Waals surface area contributed by atoms with Crippen LogP contribution in [-0.2, 0) is 9.59 Å². The van der Waals surface area contributed by atoms with Crippen molar-refractivity contribution in [3.05, 3.63) is 35.6 Å². The lowest BCUT2D eigenvalue weighted by Crippen LogP contribution is -2.38. The van der Waals surface area contributed by atoms with Gasteiger partial charge in [0, 0.05) is 38.0 Å². The van der Waals surface area contributed by atoms with Crippen molar-refractivity contribution in [1.29, 1.82) is 0 Å². The number of hydrogen-bond donors (Lipinski definition) is 2. The van der Waals surface area contributed by atoms with Gasteiger partial charge in [0.05, 0.1) is 5.92 Å². The Morgan fingerprint density at radius 3 is 2.46 bits per heavy atom. The molecule has 3 rings (SSSR count).